The van der Waals surface area contributed by atoms with Gasteiger partial charge in [0, 0.05) is 0 Å². The van der Waals surface area contributed by atoms with Crippen LogP contribution in [-0.4, -0.2) is 34.1 Å². The lowest BCUT2D eigenvalue weighted by Crippen LogP contribution is -2.40. The van der Waals surface area contributed by atoms with E-state index in [2.05, 4.69) is 5.32 Å². The van der Waals surface area contributed by atoms with E-state index in [-0.39, 0.29) is 0 Å². The van der Waals surface area contributed by atoms with Crippen LogP contribution in [0.1, 0.15) is 20.8 Å². The summed E-state index contributed by atoms with van der Waals surface area (Å²) in [5.41, 5.74) is -0.603. The van der Waals surface area contributed by atoms with E-state index in [4.69, 9.17) is 10.2 Å². The minimum absolute atomic E-state index is 0.507. The van der Waals surface area contributed by atoms with Crippen molar-refractivity contribution < 1.29 is 24.6 Å². The van der Waals surface area contributed by atoms with E-state index < -0.39 is 41.1 Å². The third-order valence-corrected chi connectivity index (χ3v) is 3.11. The van der Waals surface area contributed by atoms with Gasteiger partial charge in [-0.3, -0.25) is 14.4 Å². The molecule has 6 nitrogen and oxygen atoms in total. The van der Waals surface area contributed by atoms with Gasteiger partial charge in [0.2, 0.25) is 5.91 Å². The van der Waals surface area contributed by atoms with Gasteiger partial charge in [-0.25, -0.2) is 0 Å². The van der Waals surface area contributed by atoms with Crippen molar-refractivity contribution in [1.29, 1.82) is 0 Å². The smallest absolute Gasteiger partial charge is 0.325 e. The Morgan fingerprint density at radius 3 is 2.00 bits per heavy atom. The largest absolute Gasteiger partial charge is 0.481 e. The number of rotatable bonds is 4. The molecule has 6 heteroatoms. The van der Waals surface area contributed by atoms with E-state index >= 15 is 0 Å². The third-order valence-electron chi connectivity index (χ3n) is 3.11. The highest BCUT2D eigenvalue weighted by Gasteiger charge is 2.66. The van der Waals surface area contributed by atoms with Crippen LogP contribution in [0.2, 0.25) is 0 Å². The summed E-state index contributed by atoms with van der Waals surface area (Å²) in [6.07, 6.45) is 0. The van der Waals surface area contributed by atoms with Crippen LogP contribution >= 0.6 is 0 Å². The van der Waals surface area contributed by atoms with Crippen molar-refractivity contribution in [1.82, 2.24) is 5.32 Å². The number of carbonyl (C=O) groups is 3. The highest BCUT2D eigenvalue weighted by Crippen LogP contribution is 2.58. The normalized spacial score (nSPS) is 27.9. The van der Waals surface area contributed by atoms with Gasteiger partial charge in [0.1, 0.15) is 6.04 Å². The summed E-state index contributed by atoms with van der Waals surface area (Å²) >= 11 is 0. The molecule has 1 saturated carbocycles. The Bertz CT molecular complexity index is 349. The van der Waals surface area contributed by atoms with Gasteiger partial charge in [-0.15, -0.1) is 0 Å². The SMILES string of the molecule is CC(NC(=O)[C@H]1[C@@H](C(=O)O)C1(C)C)C(=O)O. The molecule has 1 unspecified atom stereocenters. The molecule has 1 aliphatic rings. The summed E-state index contributed by atoms with van der Waals surface area (Å²) < 4.78 is 0. The highest BCUT2D eigenvalue weighted by molar-refractivity contribution is 5.93. The summed E-state index contributed by atoms with van der Waals surface area (Å²) in [5, 5.41) is 19.7. The second kappa shape index (κ2) is 3.77. The van der Waals surface area contributed by atoms with Gasteiger partial charge in [0.15, 0.2) is 0 Å². The minimum atomic E-state index is -1.14. The number of nitrogens with one attached hydrogen (secondary N) is 1. The summed E-state index contributed by atoms with van der Waals surface area (Å²) in [6.45, 7) is 4.70. The topological polar surface area (TPSA) is 104 Å². The number of hydrogen-bond donors (Lipinski definition) is 3. The van der Waals surface area contributed by atoms with Crippen LogP contribution in [0.4, 0.5) is 0 Å². The fraction of sp³-hybridized carbons (Fsp3) is 0.700. The molecule has 0 aromatic heterocycles. The van der Waals surface area contributed by atoms with Gasteiger partial charge in [0.05, 0.1) is 11.8 Å². The molecule has 0 aromatic rings. The van der Waals surface area contributed by atoms with Crippen LogP contribution in [0.25, 0.3) is 0 Å². The van der Waals surface area contributed by atoms with Gasteiger partial charge in [-0.1, -0.05) is 13.8 Å². The molecule has 0 heterocycles. The van der Waals surface area contributed by atoms with Crippen molar-refractivity contribution in [3.63, 3.8) is 0 Å². The maximum atomic E-state index is 11.6. The van der Waals surface area contributed by atoms with Crippen LogP contribution in [-0.2, 0) is 14.4 Å². The van der Waals surface area contributed by atoms with Crippen LogP contribution in [0.3, 0.4) is 0 Å². The molecule has 1 fully saturated rings. The summed E-state index contributed by atoms with van der Waals surface area (Å²) in [4.78, 5) is 33.0. The molecule has 1 amide bonds. The highest BCUT2D eigenvalue weighted by atomic mass is 16.4. The van der Waals surface area contributed by atoms with E-state index in [1.165, 1.54) is 6.92 Å². The molecule has 0 aromatic carbocycles. The van der Waals surface area contributed by atoms with Gasteiger partial charge in [0.25, 0.3) is 0 Å². The monoisotopic (exact) mass is 229 g/mol. The maximum absolute atomic E-state index is 11.6. The van der Waals surface area contributed by atoms with Crippen LogP contribution in [0, 0.1) is 17.3 Å². The molecule has 0 aliphatic heterocycles. The predicted octanol–water partition coefficient (Wildman–Crippen LogP) is -0.0675. The van der Waals surface area contributed by atoms with Crippen LogP contribution < -0.4 is 5.32 Å². The molecule has 0 spiro atoms. The fourth-order valence-electron chi connectivity index (χ4n) is 1.95. The summed E-state index contributed by atoms with van der Waals surface area (Å²) in [7, 11) is 0. The van der Waals surface area contributed by atoms with Crippen LogP contribution in [0.5, 0.6) is 0 Å². The van der Waals surface area contributed by atoms with Crippen molar-refractivity contribution in [2.75, 3.05) is 0 Å². The average Bonchev–Trinajstić information content (AvgIpc) is 2.68. The molecule has 1 rings (SSSR count). The number of hydrogen-bond acceptors (Lipinski definition) is 3. The Morgan fingerprint density at radius 2 is 1.69 bits per heavy atom. The first-order valence-electron chi connectivity index (χ1n) is 4.95. The van der Waals surface area contributed by atoms with Crippen molar-refractivity contribution in [3.05, 3.63) is 0 Å². The molecule has 3 N–H and O–H groups in total. The molecular weight excluding hydrogens is 214 g/mol. The number of carboxylic acids is 2. The minimum Gasteiger partial charge on any atom is -0.481 e. The second-order valence-electron chi connectivity index (χ2n) is 4.68. The molecule has 3 atom stereocenters. The van der Waals surface area contributed by atoms with E-state index in [1.807, 2.05) is 0 Å². The van der Waals surface area contributed by atoms with Crippen LogP contribution in [0.15, 0.2) is 0 Å². The summed E-state index contributed by atoms with van der Waals surface area (Å²) in [6, 6.07) is -1.00. The van der Waals surface area contributed by atoms with Crippen molar-refractivity contribution >= 4 is 17.8 Å². The zero-order valence-electron chi connectivity index (χ0n) is 9.35. The van der Waals surface area contributed by atoms with Crippen molar-refractivity contribution in [3.8, 4) is 0 Å². The molecule has 16 heavy (non-hydrogen) atoms. The van der Waals surface area contributed by atoms with E-state index in [0.717, 1.165) is 0 Å². The molecule has 0 saturated heterocycles. The second-order valence-corrected chi connectivity index (χ2v) is 4.68. The lowest BCUT2D eigenvalue weighted by molar-refractivity contribution is -0.142. The Kier molecular flexibility index (Phi) is 2.94. The van der Waals surface area contributed by atoms with E-state index in [1.54, 1.807) is 13.8 Å². The molecule has 0 bridgehead atoms. The first kappa shape index (κ1) is 12.5. The Labute approximate surface area is 92.6 Å². The number of aliphatic carboxylic acids is 2. The number of carbonyl (C=O) groups excluding carboxylic acids is 1. The van der Waals surface area contributed by atoms with Gasteiger partial charge in [-0.05, 0) is 12.3 Å². The Hall–Kier alpha value is -1.59. The van der Waals surface area contributed by atoms with Crippen molar-refractivity contribution in [2.45, 2.75) is 26.8 Å². The predicted molar refractivity (Wildman–Crippen MR) is 53.6 cm³/mol. The fourth-order valence-corrected chi connectivity index (χ4v) is 1.95. The van der Waals surface area contributed by atoms with Gasteiger partial charge < -0.3 is 15.5 Å². The Morgan fingerprint density at radius 1 is 1.19 bits per heavy atom. The average molecular weight is 229 g/mol. The first-order chi connectivity index (χ1) is 7.19. The van der Waals surface area contributed by atoms with Gasteiger partial charge >= 0.3 is 11.9 Å². The number of amides is 1. The lowest BCUT2D eigenvalue weighted by atomic mass is 10.1. The molecule has 90 valence electrons. The van der Waals surface area contributed by atoms with E-state index in [9.17, 15) is 14.4 Å². The lowest BCUT2D eigenvalue weighted by Gasteiger charge is -2.09. The zero-order valence-corrected chi connectivity index (χ0v) is 9.35. The maximum Gasteiger partial charge on any atom is 0.325 e. The summed E-state index contributed by atoms with van der Waals surface area (Å²) in [5.74, 6) is -4.04. The molecule has 0 radical (unpaired) electrons. The Balaban J connectivity index is 2.64. The third kappa shape index (κ3) is 2.00. The standard InChI is InChI=1S/C10H15NO5/c1-4(8(13)14)11-7(12)5-6(9(15)16)10(5,2)3/h4-6H,1-3H3,(H,11,12)(H,13,14)(H,15,16)/t4?,5-,6+/m1/s1. The quantitative estimate of drug-likeness (QED) is 0.626. The molecular formula is C10H15NO5. The van der Waals surface area contributed by atoms with E-state index in [0.29, 0.717) is 0 Å². The number of carboxylic acid groups (broad SMARTS) is 2. The molecule has 1 aliphatic carbocycles. The van der Waals surface area contributed by atoms with Gasteiger partial charge in [-0.2, -0.15) is 0 Å². The first-order valence-corrected chi connectivity index (χ1v) is 4.95. The zero-order chi connectivity index (χ0) is 12.7. The van der Waals surface area contributed by atoms with Crippen molar-refractivity contribution in [2.24, 2.45) is 17.3 Å².